The molecule has 0 atom stereocenters. The Hall–Kier alpha value is -1.89. The van der Waals surface area contributed by atoms with Crippen LogP contribution in [0.1, 0.15) is 113 Å². The van der Waals surface area contributed by atoms with Crippen LogP contribution in [-0.4, -0.2) is 6.29 Å². The molecule has 0 aromatic rings. The zero-order valence-corrected chi connectivity index (χ0v) is 21.5. The van der Waals surface area contributed by atoms with E-state index in [1.54, 1.807) is 0 Å². The summed E-state index contributed by atoms with van der Waals surface area (Å²) in [5.41, 5.74) is 8.18. The highest BCUT2D eigenvalue weighted by atomic mass is 16.1. The molecule has 1 heteroatoms. The first-order valence-corrected chi connectivity index (χ1v) is 12.1. The molecule has 0 radical (unpaired) electrons. The average molecular weight is 425 g/mol. The second kappa shape index (κ2) is 18.8. The van der Waals surface area contributed by atoms with E-state index in [1.807, 2.05) is 13.0 Å². The van der Waals surface area contributed by atoms with Crippen LogP contribution in [0.4, 0.5) is 0 Å². The number of carbonyl (C=O) groups excluding carboxylic acids is 1. The van der Waals surface area contributed by atoms with Crippen molar-refractivity contribution in [3.05, 3.63) is 69.9 Å². The molecule has 0 aliphatic carbocycles. The lowest BCUT2D eigenvalue weighted by molar-refractivity contribution is -0.104. The fraction of sp³-hybridized carbons (Fsp3) is 0.567. The Morgan fingerprint density at radius 2 is 0.774 bits per heavy atom. The maximum atomic E-state index is 10.6. The van der Waals surface area contributed by atoms with E-state index in [0.29, 0.717) is 0 Å². The van der Waals surface area contributed by atoms with Crippen LogP contribution in [0, 0.1) is 0 Å². The minimum atomic E-state index is 0.831. The Labute approximate surface area is 193 Å². The Kier molecular flexibility index (Phi) is 17.7. The summed E-state index contributed by atoms with van der Waals surface area (Å²) in [4.78, 5) is 10.6. The average Bonchev–Trinajstić information content (AvgIpc) is 2.70. The molecule has 0 saturated heterocycles. The van der Waals surface area contributed by atoms with E-state index in [9.17, 15) is 4.79 Å². The Morgan fingerprint density at radius 1 is 0.452 bits per heavy atom. The van der Waals surface area contributed by atoms with E-state index in [2.05, 4.69) is 71.9 Å². The van der Waals surface area contributed by atoms with E-state index in [0.717, 1.165) is 56.8 Å². The van der Waals surface area contributed by atoms with Gasteiger partial charge in [0.05, 0.1) is 0 Å². The molecular formula is C30H48O. The maximum Gasteiger partial charge on any atom is 0.145 e. The summed E-state index contributed by atoms with van der Waals surface area (Å²) in [5, 5.41) is 0. The van der Waals surface area contributed by atoms with E-state index in [1.165, 1.54) is 47.1 Å². The molecule has 0 bridgehead atoms. The first kappa shape index (κ1) is 29.1. The fourth-order valence-corrected chi connectivity index (χ4v) is 3.32. The second-order valence-corrected chi connectivity index (χ2v) is 9.28. The molecule has 174 valence electrons. The SMILES string of the molecule is CC(C)=CCC/C(C)=C/CC/C(C)=C/CC/C=C(\C)CC/C=C(\C)CC/C=C(\C)C=O. The minimum Gasteiger partial charge on any atom is -0.298 e. The third-order valence-corrected chi connectivity index (χ3v) is 5.50. The van der Waals surface area contributed by atoms with Crippen molar-refractivity contribution in [2.45, 2.75) is 113 Å². The van der Waals surface area contributed by atoms with Gasteiger partial charge in [-0.25, -0.2) is 0 Å². The van der Waals surface area contributed by atoms with Gasteiger partial charge >= 0.3 is 0 Å². The standard InChI is InChI=1S/C30H48O/c1-25(2)14-10-17-28(5)20-11-18-26(3)15-8-9-16-27(4)19-12-21-29(6)22-13-23-30(7)24-31/h14-16,20-21,23-24H,8-13,17-19,22H2,1-7H3/b26-15+,27-16+,28-20+,29-21+,30-23+. The number of allylic oxidation sites excluding steroid dienone is 12. The van der Waals surface area contributed by atoms with Gasteiger partial charge in [-0.2, -0.15) is 0 Å². The van der Waals surface area contributed by atoms with Crippen molar-refractivity contribution in [1.82, 2.24) is 0 Å². The number of carbonyl (C=O) groups is 1. The summed E-state index contributed by atoms with van der Waals surface area (Å²) in [7, 11) is 0. The first-order valence-electron chi connectivity index (χ1n) is 12.1. The minimum absolute atomic E-state index is 0.831. The molecule has 0 fully saturated rings. The van der Waals surface area contributed by atoms with Crippen molar-refractivity contribution in [2.75, 3.05) is 0 Å². The Bertz CT molecular complexity index is 688. The van der Waals surface area contributed by atoms with Gasteiger partial charge in [0, 0.05) is 0 Å². The summed E-state index contributed by atoms with van der Waals surface area (Å²) < 4.78 is 0. The molecule has 0 spiro atoms. The summed E-state index contributed by atoms with van der Waals surface area (Å²) in [6.45, 7) is 15.2. The van der Waals surface area contributed by atoms with Crippen LogP contribution < -0.4 is 0 Å². The largest absolute Gasteiger partial charge is 0.298 e. The van der Waals surface area contributed by atoms with Crippen molar-refractivity contribution in [3.63, 3.8) is 0 Å². The van der Waals surface area contributed by atoms with Crippen LogP contribution in [0.3, 0.4) is 0 Å². The van der Waals surface area contributed by atoms with Gasteiger partial charge in [-0.1, -0.05) is 64.3 Å². The molecule has 0 aliphatic rings. The van der Waals surface area contributed by atoms with Gasteiger partial charge in [-0.15, -0.1) is 0 Å². The maximum absolute atomic E-state index is 10.6. The molecule has 0 aliphatic heterocycles. The van der Waals surface area contributed by atoms with Crippen LogP contribution in [0.5, 0.6) is 0 Å². The van der Waals surface area contributed by atoms with Crippen LogP contribution in [0.2, 0.25) is 0 Å². The molecule has 0 amide bonds. The van der Waals surface area contributed by atoms with E-state index in [4.69, 9.17) is 0 Å². The third kappa shape index (κ3) is 19.8. The predicted molar refractivity (Wildman–Crippen MR) is 140 cm³/mol. The van der Waals surface area contributed by atoms with Gasteiger partial charge in [0.2, 0.25) is 0 Å². The molecule has 0 N–H and O–H groups in total. The van der Waals surface area contributed by atoms with Crippen molar-refractivity contribution in [1.29, 1.82) is 0 Å². The molecule has 0 aromatic heterocycles. The lowest BCUT2D eigenvalue weighted by Gasteiger charge is -2.02. The number of rotatable bonds is 16. The molecule has 0 heterocycles. The Balaban J connectivity index is 4.08. The van der Waals surface area contributed by atoms with Gasteiger partial charge in [0.15, 0.2) is 0 Å². The number of unbranched alkanes of at least 4 members (excludes halogenated alkanes) is 1. The smallest absolute Gasteiger partial charge is 0.145 e. The highest BCUT2D eigenvalue weighted by Crippen LogP contribution is 2.14. The summed E-state index contributed by atoms with van der Waals surface area (Å²) in [6.07, 6.45) is 26.1. The molecule has 0 aromatic carbocycles. The zero-order chi connectivity index (χ0) is 23.5. The monoisotopic (exact) mass is 424 g/mol. The zero-order valence-electron chi connectivity index (χ0n) is 21.5. The lowest BCUT2D eigenvalue weighted by Crippen LogP contribution is -1.82. The third-order valence-electron chi connectivity index (χ3n) is 5.50. The van der Waals surface area contributed by atoms with Crippen LogP contribution in [0.25, 0.3) is 0 Å². The molecule has 31 heavy (non-hydrogen) atoms. The van der Waals surface area contributed by atoms with E-state index >= 15 is 0 Å². The van der Waals surface area contributed by atoms with Crippen molar-refractivity contribution >= 4 is 6.29 Å². The van der Waals surface area contributed by atoms with Crippen LogP contribution in [-0.2, 0) is 4.79 Å². The molecule has 0 unspecified atom stereocenters. The van der Waals surface area contributed by atoms with Crippen LogP contribution in [0.15, 0.2) is 69.9 Å². The van der Waals surface area contributed by atoms with Crippen LogP contribution >= 0.6 is 0 Å². The molecule has 0 rings (SSSR count). The van der Waals surface area contributed by atoms with Crippen molar-refractivity contribution in [3.8, 4) is 0 Å². The van der Waals surface area contributed by atoms with Crippen molar-refractivity contribution < 1.29 is 4.79 Å². The van der Waals surface area contributed by atoms with Crippen molar-refractivity contribution in [2.24, 2.45) is 0 Å². The second-order valence-electron chi connectivity index (χ2n) is 9.28. The van der Waals surface area contributed by atoms with Gasteiger partial charge in [0.25, 0.3) is 0 Å². The quantitative estimate of drug-likeness (QED) is 0.104. The molecule has 1 nitrogen and oxygen atoms in total. The predicted octanol–water partition coefficient (Wildman–Crippen LogP) is 9.78. The van der Waals surface area contributed by atoms with Gasteiger partial charge < -0.3 is 0 Å². The molecule has 0 saturated carbocycles. The van der Waals surface area contributed by atoms with Gasteiger partial charge in [-0.05, 0) is 118 Å². The summed E-state index contributed by atoms with van der Waals surface area (Å²) in [5.74, 6) is 0. The lowest BCUT2D eigenvalue weighted by atomic mass is 10.0. The fourth-order valence-electron chi connectivity index (χ4n) is 3.32. The van der Waals surface area contributed by atoms with E-state index in [-0.39, 0.29) is 0 Å². The first-order chi connectivity index (χ1) is 14.7. The number of hydrogen-bond acceptors (Lipinski definition) is 1. The Morgan fingerprint density at radius 3 is 1.13 bits per heavy atom. The summed E-state index contributed by atoms with van der Waals surface area (Å²) in [6, 6.07) is 0. The highest BCUT2D eigenvalue weighted by molar-refractivity contribution is 5.71. The summed E-state index contributed by atoms with van der Waals surface area (Å²) >= 11 is 0. The van der Waals surface area contributed by atoms with Gasteiger partial charge in [0.1, 0.15) is 6.29 Å². The number of hydrogen-bond donors (Lipinski definition) is 0. The molecular weight excluding hydrogens is 376 g/mol. The highest BCUT2D eigenvalue weighted by Gasteiger charge is 1.94. The topological polar surface area (TPSA) is 17.1 Å². The van der Waals surface area contributed by atoms with E-state index < -0.39 is 0 Å². The van der Waals surface area contributed by atoms with Gasteiger partial charge in [-0.3, -0.25) is 4.79 Å². The normalized spacial score (nSPS) is 14.1. The number of aldehydes is 1.